The maximum atomic E-state index is 12.7. The smallest absolute Gasteiger partial charge is 0.410 e. The number of carbonyl (C=O) groups excluding carboxylic acids is 2. The van der Waals surface area contributed by atoms with Crippen LogP contribution in [-0.4, -0.2) is 57.2 Å². The summed E-state index contributed by atoms with van der Waals surface area (Å²) in [6, 6.07) is 6.71. The van der Waals surface area contributed by atoms with Crippen molar-refractivity contribution >= 4 is 29.7 Å². The van der Waals surface area contributed by atoms with Gasteiger partial charge in [-0.05, 0) is 45.6 Å². The number of hydrogen-bond acceptors (Lipinski definition) is 8. The molecule has 1 saturated heterocycles. The van der Waals surface area contributed by atoms with E-state index in [0.717, 1.165) is 19.1 Å². The number of aldehydes is 1. The van der Waals surface area contributed by atoms with Crippen molar-refractivity contribution in [3.63, 3.8) is 0 Å². The Bertz CT molecular complexity index is 1060. The van der Waals surface area contributed by atoms with Crippen molar-refractivity contribution in [2.24, 2.45) is 5.92 Å². The second kappa shape index (κ2) is 8.22. The zero-order valence-corrected chi connectivity index (χ0v) is 18.5. The van der Waals surface area contributed by atoms with Gasteiger partial charge in [0.15, 0.2) is 0 Å². The van der Waals surface area contributed by atoms with Gasteiger partial charge in [-0.2, -0.15) is 0 Å². The van der Waals surface area contributed by atoms with Gasteiger partial charge >= 0.3 is 6.09 Å². The minimum Gasteiger partial charge on any atom is -0.444 e. The molecule has 2 heterocycles. The average Bonchev–Trinajstić information content (AvgIpc) is 3.33. The Morgan fingerprint density at radius 1 is 1.31 bits per heavy atom. The van der Waals surface area contributed by atoms with Gasteiger partial charge in [0.05, 0.1) is 17.3 Å². The van der Waals surface area contributed by atoms with Crippen LogP contribution < -0.4 is 11.1 Å². The second-order valence-electron chi connectivity index (χ2n) is 9.39. The summed E-state index contributed by atoms with van der Waals surface area (Å²) in [6.07, 6.45) is 3.57. The van der Waals surface area contributed by atoms with E-state index in [0.29, 0.717) is 35.0 Å². The predicted octanol–water partition coefficient (Wildman–Crippen LogP) is 3.10. The Hall–Kier alpha value is -3.49. The Morgan fingerprint density at radius 3 is 2.78 bits per heavy atom. The lowest BCUT2D eigenvalue weighted by Crippen LogP contribution is -2.49. The van der Waals surface area contributed by atoms with E-state index in [1.807, 2.05) is 20.8 Å². The zero-order valence-electron chi connectivity index (χ0n) is 18.5. The SMILES string of the molecule is CC(C)(C)OC(=O)N1CC2CC(Nc3ncnc(N)c3C(=N)c3cccc(C=O)c3)C1C2. The highest BCUT2D eigenvalue weighted by Crippen LogP contribution is 2.40. The van der Waals surface area contributed by atoms with E-state index in [1.54, 1.807) is 29.2 Å². The van der Waals surface area contributed by atoms with Gasteiger partial charge in [0.1, 0.15) is 29.9 Å². The Kier molecular flexibility index (Phi) is 5.58. The second-order valence-corrected chi connectivity index (χ2v) is 9.39. The highest BCUT2D eigenvalue weighted by atomic mass is 16.6. The van der Waals surface area contributed by atoms with Gasteiger partial charge < -0.3 is 20.7 Å². The fourth-order valence-electron chi connectivity index (χ4n) is 4.55. The van der Waals surface area contributed by atoms with Crippen molar-refractivity contribution in [2.45, 2.75) is 51.3 Å². The third kappa shape index (κ3) is 4.28. The number of nitrogens with zero attached hydrogens (tertiary/aromatic N) is 3. The van der Waals surface area contributed by atoms with Crippen molar-refractivity contribution < 1.29 is 14.3 Å². The minimum atomic E-state index is -0.554. The van der Waals surface area contributed by atoms with Gasteiger partial charge in [-0.3, -0.25) is 10.2 Å². The first-order chi connectivity index (χ1) is 15.2. The Balaban J connectivity index is 1.58. The molecule has 3 atom stereocenters. The molecule has 1 saturated carbocycles. The molecule has 3 unspecified atom stereocenters. The normalized spacial score (nSPS) is 22.0. The number of ether oxygens (including phenoxy) is 1. The minimum absolute atomic E-state index is 0.0218. The van der Waals surface area contributed by atoms with E-state index in [9.17, 15) is 9.59 Å². The first-order valence-corrected chi connectivity index (χ1v) is 10.7. The molecule has 4 rings (SSSR count). The number of benzene rings is 1. The maximum absolute atomic E-state index is 12.7. The van der Waals surface area contributed by atoms with Crippen LogP contribution >= 0.6 is 0 Å². The molecule has 2 aliphatic rings. The molecule has 2 aromatic rings. The molecule has 168 valence electrons. The summed E-state index contributed by atoms with van der Waals surface area (Å²) >= 11 is 0. The van der Waals surface area contributed by atoms with E-state index in [2.05, 4.69) is 15.3 Å². The Labute approximate surface area is 186 Å². The van der Waals surface area contributed by atoms with Crippen molar-refractivity contribution in [1.82, 2.24) is 14.9 Å². The van der Waals surface area contributed by atoms with Gasteiger partial charge in [-0.25, -0.2) is 14.8 Å². The van der Waals surface area contributed by atoms with Crippen LogP contribution in [0.3, 0.4) is 0 Å². The number of nitrogens with two attached hydrogens (primary N) is 1. The van der Waals surface area contributed by atoms with E-state index in [4.69, 9.17) is 15.9 Å². The molecule has 1 aliphatic heterocycles. The molecule has 4 N–H and O–H groups in total. The van der Waals surface area contributed by atoms with Crippen LogP contribution in [-0.2, 0) is 4.74 Å². The molecule has 32 heavy (non-hydrogen) atoms. The summed E-state index contributed by atoms with van der Waals surface area (Å²) in [7, 11) is 0. The molecule has 9 heteroatoms. The molecular formula is C23H28N6O3. The highest BCUT2D eigenvalue weighted by Gasteiger charge is 2.48. The number of nitrogen functional groups attached to an aromatic ring is 1. The summed E-state index contributed by atoms with van der Waals surface area (Å²) in [5.41, 5.74) is 7.10. The molecule has 0 radical (unpaired) electrons. The molecule has 2 fully saturated rings. The number of nitrogens with one attached hydrogen (secondary N) is 2. The zero-order chi connectivity index (χ0) is 23.0. The topological polar surface area (TPSA) is 134 Å². The third-order valence-electron chi connectivity index (χ3n) is 5.87. The largest absolute Gasteiger partial charge is 0.444 e. The average molecular weight is 437 g/mol. The number of carbonyl (C=O) groups is 2. The van der Waals surface area contributed by atoms with Gasteiger partial charge in [0.2, 0.25) is 0 Å². The molecule has 1 aromatic carbocycles. The van der Waals surface area contributed by atoms with Crippen LogP contribution in [0.5, 0.6) is 0 Å². The fourth-order valence-corrected chi connectivity index (χ4v) is 4.55. The number of anilines is 2. The fraction of sp³-hybridized carbons (Fsp3) is 0.435. The predicted molar refractivity (Wildman–Crippen MR) is 121 cm³/mol. The summed E-state index contributed by atoms with van der Waals surface area (Å²) < 4.78 is 5.58. The monoisotopic (exact) mass is 436 g/mol. The van der Waals surface area contributed by atoms with Crippen molar-refractivity contribution in [3.05, 3.63) is 47.3 Å². The molecule has 0 spiro atoms. The number of aromatic nitrogens is 2. The lowest BCUT2D eigenvalue weighted by molar-refractivity contribution is 0.0179. The lowest BCUT2D eigenvalue weighted by atomic mass is 10.0. The molecule has 1 aromatic heterocycles. The third-order valence-corrected chi connectivity index (χ3v) is 5.87. The maximum Gasteiger partial charge on any atom is 0.410 e. The van der Waals surface area contributed by atoms with Crippen molar-refractivity contribution in [1.29, 1.82) is 5.41 Å². The number of hydrogen-bond donors (Lipinski definition) is 3. The van der Waals surface area contributed by atoms with Crippen molar-refractivity contribution in [3.8, 4) is 0 Å². The van der Waals surface area contributed by atoms with Crippen LogP contribution in [0.1, 0.15) is 55.1 Å². The first-order valence-electron chi connectivity index (χ1n) is 10.7. The lowest BCUT2D eigenvalue weighted by Gasteiger charge is -2.35. The summed E-state index contributed by atoms with van der Waals surface area (Å²) in [4.78, 5) is 34.1. The van der Waals surface area contributed by atoms with E-state index >= 15 is 0 Å². The first kappa shape index (κ1) is 21.7. The van der Waals surface area contributed by atoms with E-state index < -0.39 is 5.60 Å². The van der Waals surface area contributed by atoms with Gasteiger partial charge in [0.25, 0.3) is 0 Å². The Morgan fingerprint density at radius 2 is 2.09 bits per heavy atom. The molecule has 1 amide bonds. The van der Waals surface area contributed by atoms with Crippen LogP contribution in [0.25, 0.3) is 0 Å². The van der Waals surface area contributed by atoms with Crippen LogP contribution in [0.2, 0.25) is 0 Å². The molecular weight excluding hydrogens is 408 g/mol. The number of rotatable bonds is 5. The van der Waals surface area contributed by atoms with Gasteiger partial charge in [-0.15, -0.1) is 0 Å². The number of fused-ring (bicyclic) bond motifs is 2. The number of likely N-dealkylation sites (tertiary alicyclic amines) is 1. The number of amides is 1. The standard InChI is InChI=1S/C23H28N6O3/c1-23(2,3)32-22(31)29-10-14-8-16(17(29)9-14)28-21-18(20(25)26-12-27-21)19(24)15-6-4-5-13(7-15)11-30/h4-7,11-12,14,16-17,24H,8-10H2,1-3H3,(H3,25,26,27,28). The summed E-state index contributed by atoms with van der Waals surface area (Å²) in [6.45, 7) is 6.26. The van der Waals surface area contributed by atoms with E-state index in [1.165, 1.54) is 6.33 Å². The molecule has 9 nitrogen and oxygen atoms in total. The van der Waals surface area contributed by atoms with Crippen molar-refractivity contribution in [2.75, 3.05) is 17.6 Å². The van der Waals surface area contributed by atoms with E-state index in [-0.39, 0.29) is 29.7 Å². The number of piperidine rings is 1. The van der Waals surface area contributed by atoms with Crippen LogP contribution in [0, 0.1) is 11.3 Å². The van der Waals surface area contributed by atoms with Crippen LogP contribution in [0.15, 0.2) is 30.6 Å². The molecule has 1 aliphatic carbocycles. The highest BCUT2D eigenvalue weighted by molar-refractivity contribution is 6.16. The summed E-state index contributed by atoms with van der Waals surface area (Å²) in [5.74, 6) is 1.01. The van der Waals surface area contributed by atoms with Crippen LogP contribution in [0.4, 0.5) is 16.4 Å². The quantitative estimate of drug-likeness (QED) is 0.484. The molecule has 2 bridgehead atoms. The van der Waals surface area contributed by atoms with Gasteiger partial charge in [-0.1, -0.05) is 18.2 Å². The summed E-state index contributed by atoms with van der Waals surface area (Å²) in [5, 5.41) is 12.1. The van der Waals surface area contributed by atoms with Gasteiger partial charge in [0, 0.05) is 23.7 Å².